The summed E-state index contributed by atoms with van der Waals surface area (Å²) in [7, 11) is 0. The second-order valence-electron chi connectivity index (χ2n) is 4.58. The molecule has 3 rings (SSSR count). The molecule has 0 atom stereocenters. The lowest BCUT2D eigenvalue weighted by Gasteiger charge is -2.06. The summed E-state index contributed by atoms with van der Waals surface area (Å²) < 4.78 is 1.71. The third kappa shape index (κ3) is 2.73. The minimum absolute atomic E-state index is 0.246. The Balaban J connectivity index is 2.00. The molecule has 0 radical (unpaired) electrons. The Labute approximate surface area is 131 Å². The van der Waals surface area contributed by atoms with Crippen molar-refractivity contribution in [2.24, 2.45) is 0 Å². The predicted molar refractivity (Wildman–Crippen MR) is 84.3 cm³/mol. The van der Waals surface area contributed by atoms with Crippen LogP contribution in [0.2, 0.25) is 10.0 Å². The van der Waals surface area contributed by atoms with E-state index in [1.807, 2.05) is 0 Å². The van der Waals surface area contributed by atoms with E-state index in [1.54, 1.807) is 53.9 Å². The number of rotatable bonds is 2. The zero-order chi connectivity index (χ0) is 15.0. The molecule has 2 aromatic heterocycles. The van der Waals surface area contributed by atoms with Gasteiger partial charge >= 0.3 is 0 Å². The van der Waals surface area contributed by atoms with Crippen LogP contribution in [0.15, 0.2) is 42.6 Å². The average Bonchev–Trinajstić information content (AvgIpc) is 2.73. The van der Waals surface area contributed by atoms with Crippen LogP contribution in [0.1, 0.15) is 16.2 Å². The number of pyridine rings is 1. The molecule has 21 heavy (non-hydrogen) atoms. The zero-order valence-corrected chi connectivity index (χ0v) is 12.6. The number of amides is 1. The standard InChI is InChI=1S/C15H11Cl2N3O/c1-9-14(20-6-5-11(17)8-13(20)18-9)15(21)19-12-4-2-3-10(16)7-12/h2-8H,1H3,(H,19,21). The van der Waals surface area contributed by atoms with E-state index < -0.39 is 0 Å². The van der Waals surface area contributed by atoms with E-state index in [4.69, 9.17) is 23.2 Å². The molecule has 0 aliphatic heterocycles. The topological polar surface area (TPSA) is 46.4 Å². The summed E-state index contributed by atoms with van der Waals surface area (Å²) in [5.74, 6) is -0.246. The summed E-state index contributed by atoms with van der Waals surface area (Å²) in [5.41, 5.74) is 2.38. The maximum Gasteiger partial charge on any atom is 0.274 e. The van der Waals surface area contributed by atoms with E-state index in [1.165, 1.54) is 0 Å². The van der Waals surface area contributed by atoms with Crippen molar-refractivity contribution in [2.45, 2.75) is 6.92 Å². The van der Waals surface area contributed by atoms with Crippen LogP contribution >= 0.6 is 23.2 Å². The average molecular weight is 320 g/mol. The van der Waals surface area contributed by atoms with Gasteiger partial charge in [-0.2, -0.15) is 0 Å². The van der Waals surface area contributed by atoms with Gasteiger partial charge in [-0.25, -0.2) is 4.98 Å². The number of hydrogen-bond donors (Lipinski definition) is 1. The number of carbonyl (C=O) groups excluding carboxylic acids is 1. The number of hydrogen-bond acceptors (Lipinski definition) is 2. The number of fused-ring (bicyclic) bond motifs is 1. The minimum atomic E-state index is -0.246. The Hall–Kier alpha value is -2.04. The molecule has 3 aromatic rings. The number of aromatic nitrogens is 2. The van der Waals surface area contributed by atoms with Crippen molar-refractivity contribution < 1.29 is 4.79 Å². The molecule has 0 aliphatic carbocycles. The Bertz CT molecular complexity index is 842. The summed E-state index contributed by atoms with van der Waals surface area (Å²) in [6.07, 6.45) is 1.73. The summed E-state index contributed by atoms with van der Waals surface area (Å²) in [6, 6.07) is 10.4. The molecule has 0 saturated carbocycles. The molecule has 0 fully saturated rings. The number of nitrogens with one attached hydrogen (secondary N) is 1. The fourth-order valence-electron chi connectivity index (χ4n) is 2.17. The van der Waals surface area contributed by atoms with Crippen LogP contribution in [0.3, 0.4) is 0 Å². The van der Waals surface area contributed by atoms with Crippen molar-refractivity contribution in [1.29, 1.82) is 0 Å². The molecule has 0 unspecified atom stereocenters. The summed E-state index contributed by atoms with van der Waals surface area (Å²) >= 11 is 11.9. The Morgan fingerprint density at radius 2 is 1.95 bits per heavy atom. The number of halogens is 2. The van der Waals surface area contributed by atoms with Crippen LogP contribution in [0.4, 0.5) is 5.69 Å². The first-order chi connectivity index (χ1) is 10.0. The lowest BCUT2D eigenvalue weighted by Crippen LogP contribution is -2.15. The molecular weight excluding hydrogens is 309 g/mol. The van der Waals surface area contributed by atoms with E-state index >= 15 is 0 Å². The van der Waals surface area contributed by atoms with Crippen molar-refractivity contribution in [2.75, 3.05) is 5.32 Å². The van der Waals surface area contributed by atoms with Crippen molar-refractivity contribution in [3.8, 4) is 0 Å². The van der Waals surface area contributed by atoms with Gasteiger partial charge in [0.05, 0.1) is 5.69 Å². The van der Waals surface area contributed by atoms with Gasteiger partial charge in [-0.3, -0.25) is 9.20 Å². The predicted octanol–water partition coefficient (Wildman–Crippen LogP) is 4.20. The van der Waals surface area contributed by atoms with E-state index in [2.05, 4.69) is 10.3 Å². The van der Waals surface area contributed by atoms with Crippen LogP contribution in [-0.2, 0) is 0 Å². The summed E-state index contributed by atoms with van der Waals surface area (Å²) in [6.45, 7) is 1.79. The molecule has 1 N–H and O–H groups in total. The second kappa shape index (κ2) is 5.39. The molecule has 4 nitrogen and oxygen atoms in total. The Kier molecular flexibility index (Phi) is 3.57. The molecule has 0 saturated heterocycles. The Morgan fingerprint density at radius 3 is 2.71 bits per heavy atom. The first kappa shape index (κ1) is 13.9. The van der Waals surface area contributed by atoms with E-state index in [0.717, 1.165) is 0 Å². The highest BCUT2D eigenvalue weighted by Gasteiger charge is 2.16. The third-order valence-electron chi connectivity index (χ3n) is 3.06. The molecule has 0 spiro atoms. The normalized spacial score (nSPS) is 10.8. The van der Waals surface area contributed by atoms with Gasteiger partial charge in [0.1, 0.15) is 11.3 Å². The van der Waals surface area contributed by atoms with Gasteiger partial charge in [0.25, 0.3) is 5.91 Å². The van der Waals surface area contributed by atoms with Gasteiger partial charge in [-0.05, 0) is 31.2 Å². The van der Waals surface area contributed by atoms with E-state index in [-0.39, 0.29) is 5.91 Å². The molecule has 1 amide bonds. The van der Waals surface area contributed by atoms with Crippen LogP contribution in [0, 0.1) is 6.92 Å². The molecule has 2 heterocycles. The first-order valence-electron chi connectivity index (χ1n) is 6.26. The van der Waals surface area contributed by atoms with E-state index in [9.17, 15) is 4.79 Å². The maximum atomic E-state index is 12.5. The monoisotopic (exact) mass is 319 g/mol. The van der Waals surface area contributed by atoms with Crippen LogP contribution in [0.5, 0.6) is 0 Å². The number of benzene rings is 1. The fourth-order valence-corrected chi connectivity index (χ4v) is 2.51. The second-order valence-corrected chi connectivity index (χ2v) is 5.46. The highest BCUT2D eigenvalue weighted by atomic mass is 35.5. The molecule has 6 heteroatoms. The van der Waals surface area contributed by atoms with Gasteiger partial charge in [0.2, 0.25) is 0 Å². The van der Waals surface area contributed by atoms with Crippen LogP contribution < -0.4 is 5.32 Å². The van der Waals surface area contributed by atoms with Gasteiger partial charge in [-0.15, -0.1) is 0 Å². The largest absolute Gasteiger partial charge is 0.321 e. The smallest absolute Gasteiger partial charge is 0.274 e. The first-order valence-corrected chi connectivity index (χ1v) is 7.01. The maximum absolute atomic E-state index is 12.5. The van der Waals surface area contributed by atoms with E-state index in [0.29, 0.717) is 32.8 Å². The summed E-state index contributed by atoms with van der Waals surface area (Å²) in [5, 5.41) is 3.96. The van der Waals surface area contributed by atoms with Crippen LogP contribution in [0.25, 0.3) is 5.65 Å². The lowest BCUT2D eigenvalue weighted by atomic mass is 10.3. The molecule has 0 bridgehead atoms. The number of imidazole rings is 1. The minimum Gasteiger partial charge on any atom is -0.321 e. The van der Waals surface area contributed by atoms with Gasteiger partial charge < -0.3 is 5.32 Å². The number of carbonyl (C=O) groups is 1. The zero-order valence-electron chi connectivity index (χ0n) is 11.1. The van der Waals surface area contributed by atoms with Crippen molar-refractivity contribution in [3.05, 3.63) is 64.0 Å². The van der Waals surface area contributed by atoms with Crippen molar-refractivity contribution in [1.82, 2.24) is 9.38 Å². The molecular formula is C15H11Cl2N3O. The van der Waals surface area contributed by atoms with Gasteiger partial charge in [0, 0.05) is 28.0 Å². The highest BCUT2D eigenvalue weighted by molar-refractivity contribution is 6.31. The lowest BCUT2D eigenvalue weighted by molar-refractivity contribution is 0.102. The highest BCUT2D eigenvalue weighted by Crippen LogP contribution is 2.19. The molecule has 0 aliphatic rings. The SMILES string of the molecule is Cc1nc2cc(Cl)ccn2c1C(=O)Nc1cccc(Cl)c1. The third-order valence-corrected chi connectivity index (χ3v) is 3.53. The Morgan fingerprint density at radius 1 is 1.19 bits per heavy atom. The van der Waals surface area contributed by atoms with Crippen molar-refractivity contribution >= 4 is 40.4 Å². The molecule has 106 valence electrons. The van der Waals surface area contributed by atoms with Gasteiger partial charge in [0.15, 0.2) is 0 Å². The van der Waals surface area contributed by atoms with Gasteiger partial charge in [-0.1, -0.05) is 29.3 Å². The quantitative estimate of drug-likeness (QED) is 0.769. The molecule has 1 aromatic carbocycles. The fraction of sp³-hybridized carbons (Fsp3) is 0.0667. The van der Waals surface area contributed by atoms with Crippen molar-refractivity contribution in [3.63, 3.8) is 0 Å². The van der Waals surface area contributed by atoms with Crippen LogP contribution in [-0.4, -0.2) is 15.3 Å². The number of nitrogens with zero attached hydrogens (tertiary/aromatic N) is 2. The number of anilines is 1. The number of aryl methyl sites for hydroxylation is 1. The summed E-state index contributed by atoms with van der Waals surface area (Å²) in [4.78, 5) is 16.8.